The van der Waals surface area contributed by atoms with Crippen LogP contribution in [-0.4, -0.2) is 45.8 Å². The predicted molar refractivity (Wildman–Crippen MR) is 80.3 cm³/mol. The third kappa shape index (κ3) is 4.56. The minimum absolute atomic E-state index is 0.0703. The molecule has 0 aromatic carbocycles. The van der Waals surface area contributed by atoms with Crippen molar-refractivity contribution >= 4 is 16.7 Å². The molecule has 1 heterocycles. The van der Waals surface area contributed by atoms with Crippen LogP contribution in [0.15, 0.2) is 0 Å². The van der Waals surface area contributed by atoms with E-state index in [0.717, 1.165) is 12.8 Å². The van der Waals surface area contributed by atoms with Crippen LogP contribution in [0.3, 0.4) is 0 Å². The lowest BCUT2D eigenvalue weighted by molar-refractivity contribution is -0.130. The molecule has 0 radical (unpaired) electrons. The molecule has 0 spiro atoms. The van der Waals surface area contributed by atoms with Crippen molar-refractivity contribution in [3.8, 4) is 0 Å². The Balaban J connectivity index is 2.75. The van der Waals surface area contributed by atoms with E-state index in [-0.39, 0.29) is 18.1 Å². The third-order valence-corrected chi connectivity index (χ3v) is 4.58. The van der Waals surface area contributed by atoms with Crippen molar-refractivity contribution in [2.45, 2.75) is 52.7 Å². The molecular weight excluding hydrogens is 260 g/mol. The minimum Gasteiger partial charge on any atom is -0.325 e. The number of hydrogen-bond acceptors (Lipinski definition) is 3. The Labute approximate surface area is 119 Å². The average Bonchev–Trinajstić information content (AvgIpc) is 2.62. The normalized spacial score (nSPS) is 27.1. The van der Waals surface area contributed by atoms with E-state index in [9.17, 15) is 9.00 Å². The number of carbonyl (C=O) groups is 1. The molecule has 0 bridgehead atoms. The second-order valence-corrected chi connectivity index (χ2v) is 7.54. The molecule has 0 aliphatic carbocycles. The number of nitrogens with zero attached hydrogens (tertiary/aromatic N) is 1. The highest BCUT2D eigenvalue weighted by atomic mass is 32.2. The highest BCUT2D eigenvalue weighted by Gasteiger charge is 2.40. The summed E-state index contributed by atoms with van der Waals surface area (Å²) in [4.78, 5) is 14.4. The SMILES string of the molecule is CCC(C)C1NC(CC(C)C)N(CCS(C)=O)C1=O. The molecule has 4 nitrogen and oxygen atoms in total. The summed E-state index contributed by atoms with van der Waals surface area (Å²) in [5.74, 6) is 1.63. The van der Waals surface area contributed by atoms with Gasteiger partial charge in [0.1, 0.15) is 0 Å². The van der Waals surface area contributed by atoms with E-state index < -0.39 is 10.8 Å². The summed E-state index contributed by atoms with van der Waals surface area (Å²) in [6, 6.07) is -0.0703. The van der Waals surface area contributed by atoms with Crippen molar-refractivity contribution in [2.75, 3.05) is 18.6 Å². The Bertz CT molecular complexity index is 333. The van der Waals surface area contributed by atoms with Gasteiger partial charge in [0.25, 0.3) is 0 Å². The van der Waals surface area contributed by atoms with Crippen LogP contribution < -0.4 is 5.32 Å². The Morgan fingerprint density at radius 2 is 2.00 bits per heavy atom. The van der Waals surface area contributed by atoms with Crippen molar-refractivity contribution in [1.82, 2.24) is 10.2 Å². The first-order valence-electron chi connectivity index (χ1n) is 7.23. The highest BCUT2D eigenvalue weighted by Crippen LogP contribution is 2.22. The van der Waals surface area contributed by atoms with E-state index in [1.807, 2.05) is 4.90 Å². The number of nitrogens with one attached hydrogen (secondary N) is 1. The molecule has 1 saturated heterocycles. The van der Waals surface area contributed by atoms with Crippen LogP contribution in [0, 0.1) is 11.8 Å². The number of rotatable bonds is 7. The van der Waals surface area contributed by atoms with Gasteiger partial charge in [0.2, 0.25) is 5.91 Å². The number of carbonyl (C=O) groups excluding carboxylic acids is 1. The molecule has 1 N–H and O–H groups in total. The molecule has 0 aromatic heterocycles. The molecule has 1 aliphatic rings. The minimum atomic E-state index is -0.850. The second-order valence-electron chi connectivity index (χ2n) is 5.98. The van der Waals surface area contributed by atoms with E-state index in [1.165, 1.54) is 0 Å². The molecule has 4 atom stereocenters. The van der Waals surface area contributed by atoms with Gasteiger partial charge in [-0.2, -0.15) is 0 Å². The van der Waals surface area contributed by atoms with E-state index in [1.54, 1.807) is 6.26 Å². The topological polar surface area (TPSA) is 49.4 Å². The van der Waals surface area contributed by atoms with Gasteiger partial charge < -0.3 is 4.90 Å². The van der Waals surface area contributed by atoms with Crippen LogP contribution in [-0.2, 0) is 15.6 Å². The average molecular weight is 288 g/mol. The van der Waals surface area contributed by atoms with Gasteiger partial charge in [0.15, 0.2) is 0 Å². The molecule has 112 valence electrons. The summed E-state index contributed by atoms with van der Waals surface area (Å²) in [7, 11) is -0.850. The van der Waals surface area contributed by atoms with Gasteiger partial charge in [-0.25, -0.2) is 0 Å². The van der Waals surface area contributed by atoms with E-state index in [0.29, 0.717) is 24.1 Å². The highest BCUT2D eigenvalue weighted by molar-refractivity contribution is 7.84. The fraction of sp³-hybridized carbons (Fsp3) is 0.929. The van der Waals surface area contributed by atoms with Gasteiger partial charge in [0.05, 0.1) is 12.2 Å². The van der Waals surface area contributed by atoms with Crippen LogP contribution in [0.1, 0.15) is 40.5 Å². The van der Waals surface area contributed by atoms with Crippen molar-refractivity contribution in [2.24, 2.45) is 11.8 Å². The summed E-state index contributed by atoms with van der Waals surface area (Å²) in [5, 5.41) is 3.47. The van der Waals surface area contributed by atoms with Crippen LogP contribution in [0.25, 0.3) is 0 Å². The van der Waals surface area contributed by atoms with Crippen molar-refractivity contribution in [3.63, 3.8) is 0 Å². The number of hydrogen-bond donors (Lipinski definition) is 1. The lowest BCUT2D eigenvalue weighted by Gasteiger charge is -2.25. The van der Waals surface area contributed by atoms with Crippen LogP contribution in [0.5, 0.6) is 0 Å². The molecule has 0 saturated carbocycles. The van der Waals surface area contributed by atoms with Crippen LogP contribution in [0.2, 0.25) is 0 Å². The smallest absolute Gasteiger partial charge is 0.241 e. The fourth-order valence-electron chi connectivity index (χ4n) is 2.48. The molecular formula is C14H28N2O2S. The zero-order valence-electron chi connectivity index (χ0n) is 12.8. The molecule has 1 aliphatic heterocycles. The van der Waals surface area contributed by atoms with E-state index >= 15 is 0 Å². The summed E-state index contributed by atoms with van der Waals surface area (Å²) in [5.41, 5.74) is 0. The Morgan fingerprint density at radius 1 is 1.37 bits per heavy atom. The molecule has 1 amide bonds. The van der Waals surface area contributed by atoms with Crippen molar-refractivity contribution < 1.29 is 9.00 Å². The standard InChI is InChI=1S/C14H28N2O2S/c1-6-11(4)13-14(17)16(7-8-19(5)18)12(15-13)9-10(2)3/h10-13,15H,6-9H2,1-5H3. The first-order valence-corrected chi connectivity index (χ1v) is 8.96. The van der Waals surface area contributed by atoms with Crippen LogP contribution >= 0.6 is 0 Å². The number of amides is 1. The van der Waals surface area contributed by atoms with E-state index in [4.69, 9.17) is 0 Å². The monoisotopic (exact) mass is 288 g/mol. The van der Waals surface area contributed by atoms with Crippen LogP contribution in [0.4, 0.5) is 0 Å². The van der Waals surface area contributed by atoms with E-state index in [2.05, 4.69) is 33.0 Å². The Hall–Kier alpha value is -0.420. The zero-order valence-corrected chi connectivity index (χ0v) is 13.6. The summed E-state index contributed by atoms with van der Waals surface area (Å²) >= 11 is 0. The lowest BCUT2D eigenvalue weighted by Crippen LogP contribution is -2.40. The molecule has 5 heteroatoms. The van der Waals surface area contributed by atoms with Gasteiger partial charge in [-0.3, -0.25) is 14.3 Å². The van der Waals surface area contributed by atoms with Crippen molar-refractivity contribution in [3.05, 3.63) is 0 Å². The maximum atomic E-state index is 12.5. The molecule has 1 fully saturated rings. The Kier molecular flexibility index (Phi) is 6.47. The second kappa shape index (κ2) is 7.39. The van der Waals surface area contributed by atoms with Gasteiger partial charge >= 0.3 is 0 Å². The summed E-state index contributed by atoms with van der Waals surface area (Å²) < 4.78 is 11.3. The van der Waals surface area contributed by atoms with Gasteiger partial charge in [-0.1, -0.05) is 34.1 Å². The predicted octanol–water partition coefficient (Wildman–Crippen LogP) is 1.58. The lowest BCUT2D eigenvalue weighted by atomic mass is 9.99. The van der Waals surface area contributed by atoms with Gasteiger partial charge in [0, 0.05) is 29.4 Å². The first-order chi connectivity index (χ1) is 8.86. The summed E-state index contributed by atoms with van der Waals surface area (Å²) in [6.07, 6.45) is 3.74. The van der Waals surface area contributed by atoms with Gasteiger partial charge in [-0.15, -0.1) is 0 Å². The third-order valence-electron chi connectivity index (χ3n) is 3.82. The van der Waals surface area contributed by atoms with Gasteiger partial charge in [-0.05, 0) is 18.3 Å². The summed E-state index contributed by atoms with van der Waals surface area (Å²) in [6.45, 7) is 9.15. The quantitative estimate of drug-likeness (QED) is 0.774. The molecule has 1 rings (SSSR count). The molecule has 4 unspecified atom stereocenters. The maximum absolute atomic E-state index is 12.5. The fourth-order valence-corrected chi connectivity index (χ4v) is 2.93. The zero-order chi connectivity index (χ0) is 14.6. The largest absolute Gasteiger partial charge is 0.325 e. The molecule has 0 aromatic rings. The maximum Gasteiger partial charge on any atom is 0.241 e. The first kappa shape index (κ1) is 16.6. The Morgan fingerprint density at radius 3 is 2.47 bits per heavy atom. The van der Waals surface area contributed by atoms with Crippen molar-refractivity contribution in [1.29, 1.82) is 0 Å². The molecule has 19 heavy (non-hydrogen) atoms.